The summed E-state index contributed by atoms with van der Waals surface area (Å²) in [4.78, 5) is 15.8. The summed E-state index contributed by atoms with van der Waals surface area (Å²) in [6, 6.07) is 11.2. The summed E-state index contributed by atoms with van der Waals surface area (Å²) in [5.41, 5.74) is 7.46. The number of nitrogens with two attached hydrogens (primary N) is 1. The van der Waals surface area contributed by atoms with Crippen LogP contribution in [0.15, 0.2) is 40.5 Å². The molecule has 3 heterocycles. The second-order valence-corrected chi connectivity index (χ2v) is 7.29. The first-order valence-corrected chi connectivity index (χ1v) is 9.37. The molecule has 0 saturated heterocycles. The fraction of sp³-hybridized carbons (Fsp3) is 0.150. The molecule has 29 heavy (non-hydrogen) atoms. The van der Waals surface area contributed by atoms with E-state index in [0.717, 1.165) is 0 Å². The summed E-state index contributed by atoms with van der Waals surface area (Å²) in [5.74, 6) is 0.152. The number of aromatic amines is 1. The zero-order valence-corrected chi connectivity index (χ0v) is 16.3. The molecule has 3 aromatic rings. The van der Waals surface area contributed by atoms with E-state index < -0.39 is 11.5 Å². The van der Waals surface area contributed by atoms with E-state index >= 15 is 0 Å². The fourth-order valence-electron chi connectivity index (χ4n) is 3.46. The maximum atomic E-state index is 13.1. The Morgan fingerprint density at radius 3 is 2.59 bits per heavy atom. The first-order valence-electron chi connectivity index (χ1n) is 8.56. The Bertz CT molecular complexity index is 1310. The number of nitriles is 2. The third kappa shape index (κ3) is 2.68. The van der Waals surface area contributed by atoms with Crippen LogP contribution in [0.4, 0.5) is 5.00 Å². The van der Waals surface area contributed by atoms with Crippen LogP contribution < -0.4 is 26.1 Å². The van der Waals surface area contributed by atoms with Gasteiger partial charge in [0, 0.05) is 7.05 Å². The molecule has 0 aliphatic carbocycles. The van der Waals surface area contributed by atoms with Gasteiger partial charge in [0.25, 0.3) is 5.56 Å². The van der Waals surface area contributed by atoms with Gasteiger partial charge in [0.15, 0.2) is 5.75 Å². The van der Waals surface area contributed by atoms with Crippen LogP contribution in [-0.2, 0) is 0 Å². The van der Waals surface area contributed by atoms with Gasteiger partial charge in [-0.05, 0) is 17.7 Å². The fourth-order valence-corrected chi connectivity index (χ4v) is 4.52. The molecule has 9 heteroatoms. The third-order valence-corrected chi connectivity index (χ3v) is 6.01. The van der Waals surface area contributed by atoms with Crippen molar-refractivity contribution >= 4 is 26.6 Å². The quantitative estimate of drug-likeness (QED) is 0.609. The van der Waals surface area contributed by atoms with Crippen molar-refractivity contribution < 1.29 is 9.47 Å². The minimum absolute atomic E-state index is 0.0642. The summed E-state index contributed by atoms with van der Waals surface area (Å²) >= 11 is 1.28. The summed E-state index contributed by atoms with van der Waals surface area (Å²) in [5, 5.41) is 22.8. The van der Waals surface area contributed by atoms with Gasteiger partial charge >= 0.3 is 0 Å². The van der Waals surface area contributed by atoms with E-state index in [9.17, 15) is 15.3 Å². The number of methoxy groups -OCH3 is 1. The highest BCUT2D eigenvalue weighted by molar-refractivity contribution is 7.23. The zero-order chi connectivity index (χ0) is 20.7. The van der Waals surface area contributed by atoms with Gasteiger partial charge in [0.2, 0.25) is 5.88 Å². The highest BCUT2D eigenvalue weighted by atomic mass is 32.1. The number of thiophene rings is 1. The highest BCUT2D eigenvalue weighted by Gasteiger charge is 2.35. The maximum absolute atomic E-state index is 13.1. The van der Waals surface area contributed by atoms with Crippen molar-refractivity contribution in [2.24, 2.45) is 5.73 Å². The molecule has 1 aliphatic rings. The SMILES string of the molecule is CNc1sc2c3c(c(=O)[nH]c2c1C#N)[C@H](c1ccc(OC)cc1)C(C#N)=C(N)O3. The number of hydrogen-bond donors (Lipinski definition) is 3. The average molecular weight is 405 g/mol. The van der Waals surface area contributed by atoms with E-state index in [1.807, 2.05) is 0 Å². The van der Waals surface area contributed by atoms with Crippen LogP contribution in [0.5, 0.6) is 11.5 Å². The van der Waals surface area contributed by atoms with Gasteiger partial charge in [0.05, 0.1) is 28.8 Å². The van der Waals surface area contributed by atoms with Gasteiger partial charge in [0.1, 0.15) is 34.0 Å². The molecule has 0 saturated carbocycles. The minimum atomic E-state index is -0.700. The summed E-state index contributed by atoms with van der Waals surface area (Å²) in [6.45, 7) is 0. The van der Waals surface area contributed by atoms with Crippen molar-refractivity contribution in [1.82, 2.24) is 4.98 Å². The molecule has 0 spiro atoms. The Balaban J connectivity index is 2.05. The number of allylic oxidation sites excluding steroid dienone is 1. The number of ether oxygens (including phenoxy) is 2. The lowest BCUT2D eigenvalue weighted by atomic mass is 9.84. The topological polar surface area (TPSA) is 137 Å². The van der Waals surface area contributed by atoms with Crippen LogP contribution in [0.1, 0.15) is 22.6 Å². The molecule has 1 atom stereocenters. The van der Waals surface area contributed by atoms with Crippen molar-refractivity contribution in [3.8, 4) is 23.6 Å². The van der Waals surface area contributed by atoms with Crippen LogP contribution in [0, 0.1) is 22.7 Å². The molecule has 0 unspecified atom stereocenters. The largest absolute Gasteiger partial charge is 0.497 e. The summed E-state index contributed by atoms with van der Waals surface area (Å²) in [7, 11) is 3.25. The maximum Gasteiger partial charge on any atom is 0.256 e. The van der Waals surface area contributed by atoms with Crippen molar-refractivity contribution in [1.29, 1.82) is 10.5 Å². The molecule has 0 amide bonds. The normalized spacial score (nSPS) is 15.2. The summed E-state index contributed by atoms with van der Waals surface area (Å²) < 4.78 is 11.5. The second-order valence-electron chi connectivity index (χ2n) is 6.27. The Kier molecular flexibility index (Phi) is 4.38. The van der Waals surface area contributed by atoms with Crippen LogP contribution in [-0.4, -0.2) is 19.1 Å². The van der Waals surface area contributed by atoms with Crippen LogP contribution in [0.2, 0.25) is 0 Å². The molecule has 4 N–H and O–H groups in total. The first-order chi connectivity index (χ1) is 14.0. The standard InChI is InChI=1S/C20H15N5O3S/c1-24-20-12(8-22)15-17(29-20)16-14(19(26)25-15)13(11(7-21)18(23)28-16)9-3-5-10(27-2)6-4-9/h3-6,13,24H,23H2,1-2H3,(H,25,26)/t13-/m1/s1. The van der Waals surface area contributed by atoms with E-state index in [1.165, 1.54) is 11.3 Å². The average Bonchev–Trinajstić information content (AvgIpc) is 3.10. The second kappa shape index (κ2) is 6.89. The zero-order valence-electron chi connectivity index (χ0n) is 15.5. The monoisotopic (exact) mass is 405 g/mol. The van der Waals surface area contributed by atoms with E-state index in [1.54, 1.807) is 38.4 Å². The molecular formula is C20H15N5O3S. The van der Waals surface area contributed by atoms with Crippen LogP contribution in [0.3, 0.4) is 0 Å². The molecule has 0 bridgehead atoms. The van der Waals surface area contributed by atoms with Gasteiger partial charge in [-0.3, -0.25) is 4.79 Å². The van der Waals surface area contributed by atoms with Gasteiger partial charge in [-0.2, -0.15) is 10.5 Å². The Morgan fingerprint density at radius 2 is 2.00 bits per heavy atom. The van der Waals surface area contributed by atoms with Crippen LogP contribution in [0.25, 0.3) is 10.2 Å². The third-order valence-electron chi connectivity index (χ3n) is 4.81. The number of hydrogen-bond acceptors (Lipinski definition) is 8. The van der Waals surface area contributed by atoms with Crippen LogP contribution >= 0.6 is 11.3 Å². The number of nitrogens with one attached hydrogen (secondary N) is 2. The number of nitrogens with zero attached hydrogens (tertiary/aromatic N) is 2. The van der Waals surface area contributed by atoms with Crippen molar-refractivity contribution in [2.75, 3.05) is 19.5 Å². The Labute approximate surface area is 169 Å². The molecule has 1 aromatic carbocycles. The van der Waals surface area contributed by atoms with Gasteiger partial charge < -0.3 is 25.5 Å². The van der Waals surface area contributed by atoms with E-state index in [4.69, 9.17) is 15.2 Å². The van der Waals surface area contributed by atoms with E-state index in [2.05, 4.69) is 22.4 Å². The predicted molar refractivity (Wildman–Crippen MR) is 109 cm³/mol. The van der Waals surface area contributed by atoms with Gasteiger partial charge in [-0.15, -0.1) is 11.3 Å². The van der Waals surface area contributed by atoms with Crippen molar-refractivity contribution in [3.63, 3.8) is 0 Å². The molecule has 8 nitrogen and oxygen atoms in total. The molecule has 4 rings (SSSR count). The number of anilines is 1. The predicted octanol–water partition coefficient (Wildman–Crippen LogP) is 2.73. The Morgan fingerprint density at radius 1 is 1.28 bits per heavy atom. The number of benzene rings is 1. The van der Waals surface area contributed by atoms with E-state index in [0.29, 0.717) is 32.1 Å². The lowest BCUT2D eigenvalue weighted by Gasteiger charge is -2.26. The smallest absolute Gasteiger partial charge is 0.256 e. The van der Waals surface area contributed by atoms with Crippen molar-refractivity contribution in [2.45, 2.75) is 5.92 Å². The number of rotatable bonds is 3. The lowest BCUT2D eigenvalue weighted by molar-refractivity contribution is 0.397. The highest BCUT2D eigenvalue weighted by Crippen LogP contribution is 2.47. The van der Waals surface area contributed by atoms with E-state index in [-0.39, 0.29) is 22.8 Å². The van der Waals surface area contributed by atoms with Gasteiger partial charge in [-0.1, -0.05) is 12.1 Å². The number of H-pyrrole nitrogens is 1. The minimum Gasteiger partial charge on any atom is -0.497 e. The summed E-state index contributed by atoms with van der Waals surface area (Å²) in [6.07, 6.45) is 0. The molecule has 144 valence electrons. The molecule has 1 aliphatic heterocycles. The van der Waals surface area contributed by atoms with Crippen molar-refractivity contribution in [3.05, 3.63) is 62.8 Å². The number of pyridine rings is 1. The molecule has 2 aromatic heterocycles. The van der Waals surface area contributed by atoms with Gasteiger partial charge in [-0.25, -0.2) is 0 Å². The molecule has 0 radical (unpaired) electrons. The molecular weight excluding hydrogens is 390 g/mol. The Hall–Kier alpha value is -3.95. The number of aromatic nitrogens is 1. The lowest BCUT2D eigenvalue weighted by Crippen LogP contribution is -2.27. The molecule has 0 fully saturated rings. The first kappa shape index (κ1) is 18.4. The number of fused-ring (bicyclic) bond motifs is 3.